The first-order valence-corrected chi connectivity index (χ1v) is 10.8. The maximum absolute atomic E-state index is 9.43. The second kappa shape index (κ2) is 7.87. The predicted molar refractivity (Wildman–Crippen MR) is 81.2 cm³/mol. The molecule has 0 aromatic heterocycles. The molecule has 0 radical (unpaired) electrons. The van der Waals surface area contributed by atoms with Gasteiger partial charge < -0.3 is 4.52 Å². The maximum Gasteiger partial charge on any atom is 0.248 e. The van der Waals surface area contributed by atoms with Gasteiger partial charge in [0.15, 0.2) is 5.60 Å². The third kappa shape index (κ3) is 4.83. The molecule has 0 aromatic carbocycles. The van der Waals surface area contributed by atoms with Crippen molar-refractivity contribution in [3.05, 3.63) is 0 Å². The summed E-state index contributed by atoms with van der Waals surface area (Å²) in [6.45, 7) is 4.59. The zero-order valence-corrected chi connectivity index (χ0v) is 13.7. The summed E-state index contributed by atoms with van der Waals surface area (Å²) in [4.78, 5) is 0. The lowest BCUT2D eigenvalue weighted by atomic mass is 9.86. The third-order valence-electron chi connectivity index (χ3n) is 2.89. The highest BCUT2D eigenvalue weighted by Gasteiger charge is 2.39. The molecule has 0 amide bonds. The lowest BCUT2D eigenvalue weighted by Crippen LogP contribution is -2.32. The molecule has 0 bridgehead atoms. The van der Waals surface area contributed by atoms with Gasteiger partial charge in [0.1, 0.15) is 0 Å². The Morgan fingerprint density at radius 1 is 1.33 bits per heavy atom. The lowest BCUT2D eigenvalue weighted by Gasteiger charge is -2.35. The molecule has 1 aliphatic carbocycles. The van der Waals surface area contributed by atoms with Crippen LogP contribution in [-0.4, -0.2) is 18.0 Å². The Bertz CT molecular complexity index is 337. The standard InChI is InChI=1S/C12H22NO2PS2/c1-3-10-18-16(17,14-4-2)15-12(11-13)8-6-5-7-9-12/h3-10H2,1-2H3. The number of nitrogens with zero attached hydrogens (tertiary/aromatic N) is 1. The summed E-state index contributed by atoms with van der Waals surface area (Å²) in [7, 11) is 0. The summed E-state index contributed by atoms with van der Waals surface area (Å²) in [6.07, 6.45) is 5.91. The molecule has 0 aliphatic heterocycles. The molecule has 1 fully saturated rings. The molecule has 1 saturated carbocycles. The van der Waals surface area contributed by atoms with Gasteiger partial charge in [0.2, 0.25) is 5.69 Å². The fraction of sp³-hybridized carbons (Fsp3) is 0.917. The molecule has 1 aliphatic rings. The van der Waals surface area contributed by atoms with Crippen molar-refractivity contribution in [3.63, 3.8) is 0 Å². The first-order valence-electron chi connectivity index (χ1n) is 6.61. The van der Waals surface area contributed by atoms with Crippen LogP contribution in [0.1, 0.15) is 52.4 Å². The Balaban J connectivity index is 2.74. The largest absolute Gasteiger partial charge is 0.322 e. The second-order valence-electron chi connectivity index (χ2n) is 4.46. The highest BCUT2D eigenvalue weighted by Crippen LogP contribution is 2.64. The molecule has 3 nitrogen and oxygen atoms in total. The minimum absolute atomic E-state index is 0.551. The Morgan fingerprint density at radius 2 is 2.00 bits per heavy atom. The van der Waals surface area contributed by atoms with E-state index in [1.54, 1.807) is 11.4 Å². The van der Waals surface area contributed by atoms with E-state index in [0.717, 1.165) is 37.9 Å². The molecule has 1 unspecified atom stereocenters. The van der Waals surface area contributed by atoms with Gasteiger partial charge in [0, 0.05) is 5.75 Å². The Kier molecular flexibility index (Phi) is 7.20. The van der Waals surface area contributed by atoms with Gasteiger partial charge in [-0.25, -0.2) is 0 Å². The Labute approximate surface area is 120 Å². The van der Waals surface area contributed by atoms with Crippen molar-refractivity contribution < 1.29 is 9.05 Å². The molecule has 0 aromatic rings. The smallest absolute Gasteiger partial charge is 0.248 e. The zero-order chi connectivity index (χ0) is 13.5. The average molecular weight is 307 g/mol. The third-order valence-corrected chi connectivity index (χ3v) is 8.47. The van der Waals surface area contributed by atoms with Gasteiger partial charge in [-0.2, -0.15) is 5.26 Å². The van der Waals surface area contributed by atoms with E-state index in [2.05, 4.69) is 13.0 Å². The summed E-state index contributed by atoms with van der Waals surface area (Å²) in [5.41, 5.74) is -3.05. The van der Waals surface area contributed by atoms with Crippen molar-refractivity contribution in [3.8, 4) is 6.07 Å². The van der Waals surface area contributed by atoms with Crippen molar-refractivity contribution in [2.75, 3.05) is 12.4 Å². The SMILES string of the molecule is CCCSP(=S)(OCC)OC1(C#N)CCCCC1. The molecule has 6 heteroatoms. The van der Waals surface area contributed by atoms with E-state index in [9.17, 15) is 5.26 Å². The van der Waals surface area contributed by atoms with Crippen LogP contribution in [0.5, 0.6) is 0 Å². The monoisotopic (exact) mass is 307 g/mol. The van der Waals surface area contributed by atoms with Gasteiger partial charge in [0.25, 0.3) is 0 Å². The van der Waals surface area contributed by atoms with Crippen molar-refractivity contribution in [2.24, 2.45) is 0 Å². The van der Waals surface area contributed by atoms with Crippen LogP contribution in [0.4, 0.5) is 0 Å². The Hall–Kier alpha value is 0.410. The van der Waals surface area contributed by atoms with Crippen LogP contribution in [0.2, 0.25) is 0 Å². The van der Waals surface area contributed by atoms with Gasteiger partial charge in [-0.05, 0) is 50.8 Å². The minimum Gasteiger partial charge on any atom is -0.322 e. The van der Waals surface area contributed by atoms with E-state index < -0.39 is 11.3 Å². The minimum atomic E-state index is -2.36. The van der Waals surface area contributed by atoms with Gasteiger partial charge in [-0.1, -0.05) is 24.7 Å². The van der Waals surface area contributed by atoms with Gasteiger partial charge in [-0.3, -0.25) is 4.52 Å². The molecular weight excluding hydrogens is 285 g/mol. The fourth-order valence-electron chi connectivity index (χ4n) is 2.01. The van der Waals surface area contributed by atoms with Crippen LogP contribution >= 0.6 is 17.1 Å². The second-order valence-corrected chi connectivity index (χ2v) is 10.8. The first-order chi connectivity index (χ1) is 8.60. The van der Waals surface area contributed by atoms with Crippen molar-refractivity contribution >= 4 is 28.9 Å². The van der Waals surface area contributed by atoms with Gasteiger partial charge >= 0.3 is 0 Å². The van der Waals surface area contributed by atoms with Gasteiger partial charge in [-0.15, -0.1) is 0 Å². The van der Waals surface area contributed by atoms with E-state index in [0.29, 0.717) is 6.61 Å². The summed E-state index contributed by atoms with van der Waals surface area (Å²) in [5, 5.41) is 9.43. The number of hydrogen-bond acceptors (Lipinski definition) is 5. The van der Waals surface area contributed by atoms with Crippen LogP contribution < -0.4 is 0 Å². The zero-order valence-electron chi connectivity index (χ0n) is 11.2. The molecule has 18 heavy (non-hydrogen) atoms. The summed E-state index contributed by atoms with van der Waals surface area (Å²) in [6, 6.07) is 2.35. The van der Waals surface area contributed by atoms with E-state index in [-0.39, 0.29) is 0 Å². The summed E-state index contributed by atoms with van der Waals surface area (Å²) in [5.74, 6) is 0.929. The normalized spacial score (nSPS) is 22.1. The Morgan fingerprint density at radius 3 is 2.50 bits per heavy atom. The van der Waals surface area contributed by atoms with Crippen LogP contribution in [0, 0.1) is 11.3 Å². The predicted octanol–water partition coefficient (Wildman–Crippen LogP) is 4.63. The number of nitriles is 1. The average Bonchev–Trinajstić information content (AvgIpc) is 2.38. The quantitative estimate of drug-likeness (QED) is 0.641. The van der Waals surface area contributed by atoms with Crippen molar-refractivity contribution in [1.82, 2.24) is 0 Å². The topological polar surface area (TPSA) is 42.2 Å². The fourth-order valence-corrected chi connectivity index (χ4v) is 7.32. The van der Waals surface area contributed by atoms with Crippen LogP contribution in [0.25, 0.3) is 0 Å². The molecule has 1 atom stereocenters. The van der Waals surface area contributed by atoms with Crippen LogP contribution in [0.3, 0.4) is 0 Å². The molecular formula is C12H22NO2PS2. The summed E-state index contributed by atoms with van der Waals surface area (Å²) >= 11 is 7.15. The molecule has 104 valence electrons. The first kappa shape index (κ1) is 16.5. The number of hydrogen-bond donors (Lipinski definition) is 0. The van der Waals surface area contributed by atoms with E-state index >= 15 is 0 Å². The van der Waals surface area contributed by atoms with Crippen LogP contribution in [0.15, 0.2) is 0 Å². The highest BCUT2D eigenvalue weighted by molar-refractivity contribution is 8.67. The molecule has 0 spiro atoms. The molecule has 0 N–H and O–H groups in total. The van der Waals surface area contributed by atoms with Crippen molar-refractivity contribution in [1.29, 1.82) is 5.26 Å². The van der Waals surface area contributed by atoms with E-state index in [4.69, 9.17) is 20.9 Å². The van der Waals surface area contributed by atoms with E-state index in [1.807, 2.05) is 6.92 Å². The van der Waals surface area contributed by atoms with E-state index in [1.165, 1.54) is 6.42 Å². The highest BCUT2D eigenvalue weighted by atomic mass is 32.9. The maximum atomic E-state index is 9.43. The van der Waals surface area contributed by atoms with Crippen molar-refractivity contribution in [2.45, 2.75) is 58.0 Å². The molecule has 0 heterocycles. The number of rotatable bonds is 7. The summed E-state index contributed by atoms with van der Waals surface area (Å²) < 4.78 is 11.7. The molecule has 1 rings (SSSR count). The van der Waals surface area contributed by atoms with Gasteiger partial charge in [0.05, 0.1) is 12.7 Å². The lowest BCUT2D eigenvalue weighted by molar-refractivity contribution is 0.0836. The molecule has 0 saturated heterocycles. The van der Waals surface area contributed by atoms with Crippen LogP contribution in [-0.2, 0) is 20.9 Å².